The molecule has 0 aromatic rings. The van der Waals surface area contributed by atoms with E-state index in [1.807, 2.05) is 13.8 Å². The molecule has 0 aliphatic rings. The van der Waals surface area contributed by atoms with E-state index in [1.54, 1.807) is 6.92 Å². The van der Waals surface area contributed by atoms with Crippen molar-refractivity contribution >= 4 is 87.6 Å². The highest BCUT2D eigenvalue weighted by Crippen LogP contribution is 2.15. The van der Waals surface area contributed by atoms with Crippen molar-refractivity contribution in [3.63, 3.8) is 0 Å². The second-order valence-electron chi connectivity index (χ2n) is 8.64. The van der Waals surface area contributed by atoms with Crippen molar-refractivity contribution in [2.45, 2.75) is 105 Å². The largest absolute Gasteiger partial charge is 0.481 e. The summed E-state index contributed by atoms with van der Waals surface area (Å²) in [5.41, 5.74) is 0. The zero-order chi connectivity index (χ0) is 31.6. The number of unbranched alkanes of at least 4 members (excludes halogenated alkanes) is 3. The number of carboxylic acid groups (broad SMARTS) is 2. The number of hydrogen-bond donors (Lipinski definition) is 2. The highest BCUT2D eigenvalue weighted by molar-refractivity contribution is 9.09. The Morgan fingerprint density at radius 3 is 1.45 bits per heavy atom. The van der Waals surface area contributed by atoms with Gasteiger partial charge < -0.3 is 19.7 Å². The lowest BCUT2D eigenvalue weighted by molar-refractivity contribution is -0.143. The molecule has 2 unspecified atom stereocenters. The minimum Gasteiger partial charge on any atom is -0.481 e. The summed E-state index contributed by atoms with van der Waals surface area (Å²) in [4.78, 5) is 41.4. The zero-order valence-corrected chi connectivity index (χ0v) is 31.1. The number of hydrogen-bond acceptors (Lipinski definition) is 6. The van der Waals surface area contributed by atoms with E-state index < -0.39 is 11.9 Å². The lowest BCUT2D eigenvalue weighted by atomic mass is 10.0. The first kappa shape index (κ1) is 46.7. The monoisotopic (exact) mass is 832 g/mol. The fourth-order valence-electron chi connectivity index (χ4n) is 2.74. The van der Waals surface area contributed by atoms with E-state index in [2.05, 4.69) is 75.4 Å². The fraction of sp³-hybridized carbons (Fsp3) is 0.857. The average Bonchev–Trinajstić information content (AvgIpc) is 2.91. The van der Waals surface area contributed by atoms with E-state index >= 15 is 0 Å². The Kier molecular flexibility index (Phi) is 45.3. The molecule has 8 nitrogen and oxygen atoms in total. The molecule has 2 atom stereocenters. The van der Waals surface area contributed by atoms with E-state index in [-0.39, 0.29) is 18.4 Å². The molecule has 0 rings (SSSR count). The van der Waals surface area contributed by atoms with Gasteiger partial charge in [0.1, 0.15) is 0 Å². The third kappa shape index (κ3) is 44.8. The van der Waals surface area contributed by atoms with Gasteiger partial charge in [0.25, 0.3) is 0 Å². The maximum absolute atomic E-state index is 10.8. The Morgan fingerprint density at radius 2 is 1.10 bits per heavy atom. The van der Waals surface area contributed by atoms with Crippen LogP contribution in [0, 0.1) is 11.8 Å². The van der Waals surface area contributed by atoms with Crippen LogP contribution in [0.25, 0.3) is 0 Å². The van der Waals surface area contributed by atoms with Crippen LogP contribution >= 0.6 is 63.7 Å². The van der Waals surface area contributed by atoms with Gasteiger partial charge in [0.15, 0.2) is 0 Å². The highest BCUT2D eigenvalue weighted by atomic mass is 79.9. The zero-order valence-electron chi connectivity index (χ0n) is 24.7. The molecule has 0 heterocycles. The van der Waals surface area contributed by atoms with Crippen LogP contribution in [0.4, 0.5) is 0 Å². The smallest absolute Gasteiger partial charge is 0.306 e. The number of esters is 2. The molecule has 0 saturated heterocycles. The van der Waals surface area contributed by atoms with Crippen molar-refractivity contribution in [1.82, 2.24) is 0 Å². The Bertz CT molecular complexity index is 579. The summed E-state index contributed by atoms with van der Waals surface area (Å²) in [5, 5.41) is 20.2. The number of carboxylic acids is 2. The standard InChI is InChI=1S/C9H17BrO2.C8H15BrO2.C6H11BrO2.C5H9BrO2/c1-2-8(7-10)5-3-4-6-9(11)12;1-2-11-8(10)6-4-3-5-7-9;1-2-5(4-7)3-6(8)9;1-2-8-5(7)3-4-6/h8H,2-7H2,1H3,(H,11,12);2-7H2,1H3;5H,2-4H2,1H3,(H,8,9);2-4H2,1H3. The maximum Gasteiger partial charge on any atom is 0.306 e. The van der Waals surface area contributed by atoms with Crippen LogP contribution in [0.1, 0.15) is 105 Å². The number of aliphatic carboxylic acids is 2. The Balaban J connectivity index is -0.000000219. The lowest BCUT2D eigenvalue weighted by Gasteiger charge is -2.09. The number of carbonyl (C=O) groups is 4. The third-order valence-corrected chi connectivity index (χ3v) is 8.02. The third-order valence-electron chi connectivity index (χ3n) is 5.23. The van der Waals surface area contributed by atoms with Crippen molar-refractivity contribution < 1.29 is 38.9 Å². The second-order valence-corrected chi connectivity index (χ2v) is 11.5. The number of halogens is 4. The van der Waals surface area contributed by atoms with Gasteiger partial charge in [0, 0.05) is 40.6 Å². The number of carbonyl (C=O) groups excluding carboxylic acids is 2. The topological polar surface area (TPSA) is 127 Å². The second kappa shape index (κ2) is 38.8. The molecule has 0 aromatic carbocycles. The molecule has 12 heteroatoms. The van der Waals surface area contributed by atoms with E-state index in [9.17, 15) is 19.2 Å². The summed E-state index contributed by atoms with van der Waals surface area (Å²) in [7, 11) is 0. The molecule has 0 aliphatic heterocycles. The molecule has 0 aromatic heterocycles. The predicted molar refractivity (Wildman–Crippen MR) is 177 cm³/mol. The van der Waals surface area contributed by atoms with Crippen LogP contribution in [-0.2, 0) is 28.7 Å². The van der Waals surface area contributed by atoms with Crippen LogP contribution in [0.2, 0.25) is 0 Å². The summed E-state index contributed by atoms with van der Waals surface area (Å²) in [6.45, 7) is 8.77. The lowest BCUT2D eigenvalue weighted by Crippen LogP contribution is -2.07. The minimum absolute atomic E-state index is 0.0675. The van der Waals surface area contributed by atoms with E-state index in [4.69, 9.17) is 14.9 Å². The normalized spacial score (nSPS) is 11.2. The number of alkyl halides is 4. The molecule has 0 saturated carbocycles. The predicted octanol–water partition coefficient (Wildman–Crippen LogP) is 8.77. The van der Waals surface area contributed by atoms with Crippen molar-refractivity contribution in [2.75, 3.05) is 34.5 Å². The fourth-order valence-corrected chi connectivity index (χ4v) is 4.93. The summed E-state index contributed by atoms with van der Waals surface area (Å²) in [6, 6.07) is 0. The molecule has 240 valence electrons. The van der Waals surface area contributed by atoms with Gasteiger partial charge in [-0.05, 0) is 51.4 Å². The van der Waals surface area contributed by atoms with Crippen LogP contribution in [0.15, 0.2) is 0 Å². The van der Waals surface area contributed by atoms with Crippen LogP contribution in [0.5, 0.6) is 0 Å². The molecule has 0 radical (unpaired) electrons. The van der Waals surface area contributed by atoms with E-state index in [0.29, 0.717) is 43.7 Å². The molecular weight excluding hydrogens is 784 g/mol. The summed E-state index contributed by atoms with van der Waals surface area (Å²) < 4.78 is 9.38. The molecule has 0 spiro atoms. The molecule has 40 heavy (non-hydrogen) atoms. The number of rotatable bonds is 20. The SMILES string of the molecule is CCC(CBr)CC(=O)O.CCC(CBr)CCCCC(=O)O.CCOC(=O)CCBr.CCOC(=O)CCCCCBr. The summed E-state index contributed by atoms with van der Waals surface area (Å²) >= 11 is 13.1. The van der Waals surface area contributed by atoms with Gasteiger partial charge in [0.05, 0.1) is 19.6 Å². The first-order chi connectivity index (χ1) is 19.0. The average molecular weight is 836 g/mol. The first-order valence-corrected chi connectivity index (χ1v) is 18.5. The summed E-state index contributed by atoms with van der Waals surface area (Å²) in [5.74, 6) is -0.573. The van der Waals surface area contributed by atoms with Crippen molar-refractivity contribution in [3.05, 3.63) is 0 Å². The van der Waals surface area contributed by atoms with Gasteiger partial charge >= 0.3 is 23.9 Å². The van der Waals surface area contributed by atoms with Crippen molar-refractivity contribution in [1.29, 1.82) is 0 Å². The van der Waals surface area contributed by atoms with E-state index in [0.717, 1.165) is 66.9 Å². The van der Waals surface area contributed by atoms with Crippen LogP contribution in [0.3, 0.4) is 0 Å². The number of ether oxygens (including phenoxy) is 2. The molecular formula is C28H52Br4O8. The van der Waals surface area contributed by atoms with Gasteiger partial charge in [-0.2, -0.15) is 0 Å². The minimum atomic E-state index is -0.707. The molecule has 0 amide bonds. The maximum atomic E-state index is 10.8. The van der Waals surface area contributed by atoms with Gasteiger partial charge in [-0.1, -0.05) is 103 Å². The summed E-state index contributed by atoms with van der Waals surface area (Å²) in [6.07, 6.45) is 9.93. The van der Waals surface area contributed by atoms with Crippen molar-refractivity contribution in [2.24, 2.45) is 11.8 Å². The Morgan fingerprint density at radius 1 is 0.600 bits per heavy atom. The molecule has 2 N–H and O–H groups in total. The van der Waals surface area contributed by atoms with Gasteiger partial charge in [-0.3, -0.25) is 19.2 Å². The van der Waals surface area contributed by atoms with E-state index in [1.165, 1.54) is 6.42 Å². The quantitative estimate of drug-likeness (QED) is 0.0709. The van der Waals surface area contributed by atoms with Gasteiger partial charge in [-0.25, -0.2) is 0 Å². The molecule has 0 bridgehead atoms. The van der Waals surface area contributed by atoms with Gasteiger partial charge in [-0.15, -0.1) is 0 Å². The van der Waals surface area contributed by atoms with Crippen LogP contribution in [-0.4, -0.2) is 68.6 Å². The first-order valence-electron chi connectivity index (χ1n) is 14.0. The Labute approximate surface area is 276 Å². The van der Waals surface area contributed by atoms with Gasteiger partial charge in [0.2, 0.25) is 0 Å². The Hall–Kier alpha value is -0.200. The molecule has 0 aliphatic carbocycles. The van der Waals surface area contributed by atoms with Crippen LogP contribution < -0.4 is 0 Å². The van der Waals surface area contributed by atoms with Crippen molar-refractivity contribution in [3.8, 4) is 0 Å². The molecule has 0 fully saturated rings. The highest BCUT2D eigenvalue weighted by Gasteiger charge is 2.08.